The summed E-state index contributed by atoms with van der Waals surface area (Å²) in [5.74, 6) is 1.33. The molecule has 5 fully saturated rings. The zero-order chi connectivity index (χ0) is 35.8. The second kappa shape index (κ2) is 16.5. The largest absolute Gasteiger partial charge is 0.379 e. The number of rotatable bonds is 11. The van der Waals surface area contributed by atoms with Gasteiger partial charge in [-0.3, -0.25) is 23.9 Å². The monoisotopic (exact) mass is 692 g/mol. The molecule has 11 heteroatoms. The first-order valence-electron chi connectivity index (χ1n) is 18.5. The summed E-state index contributed by atoms with van der Waals surface area (Å²) < 4.78 is 7.27. The molecule has 4 amide bonds. The molecule has 50 heavy (non-hydrogen) atoms. The first-order valence-corrected chi connectivity index (χ1v) is 18.5. The molecule has 2 aromatic rings. The van der Waals surface area contributed by atoms with Crippen molar-refractivity contribution in [1.29, 1.82) is 0 Å². The van der Waals surface area contributed by atoms with Gasteiger partial charge in [-0.05, 0) is 48.0 Å². The molecule has 0 unspecified atom stereocenters. The van der Waals surface area contributed by atoms with Crippen molar-refractivity contribution in [3.63, 3.8) is 0 Å². The van der Waals surface area contributed by atoms with Gasteiger partial charge < -0.3 is 24.8 Å². The van der Waals surface area contributed by atoms with Gasteiger partial charge in [0.15, 0.2) is 0 Å². The second-order valence-corrected chi connectivity index (χ2v) is 16.7. The maximum absolute atomic E-state index is 13.0. The standard InChI is InChI=1S/C23H28N4O2.C10H19NO2.C6H11NO.H2/c1-22(2)10-19(22)21(29)26-15-23(16-26)8-9-25(14-23)20(28)18-11-24-27(13-18)12-17-6-4-3-5-7-17;12-9-11-6-7-13-8-10-4-2-1-3-5-10;1-6(2)3-7(4-6)5-8;/h3-7,11,13,19H,8-10,12,14-16H2,1-2H3;9-10H,1-8H2,(H,11,12);5H,3-4H2,1-2H3;1H/t19-;;;/m1.../s1. The summed E-state index contributed by atoms with van der Waals surface area (Å²) in [6.45, 7) is 16.4. The van der Waals surface area contributed by atoms with Crippen molar-refractivity contribution in [2.24, 2.45) is 28.1 Å². The minimum absolute atomic E-state index is 0. The third-order valence-corrected chi connectivity index (χ3v) is 10.9. The minimum atomic E-state index is 0. The molecule has 3 saturated heterocycles. The number of likely N-dealkylation sites (tertiary alicyclic amines) is 3. The number of nitrogens with one attached hydrogen (secondary N) is 1. The molecule has 1 atom stereocenters. The number of carbonyl (C=O) groups is 4. The van der Waals surface area contributed by atoms with E-state index in [2.05, 4.69) is 50.2 Å². The normalized spacial score (nSPS) is 22.6. The average molecular weight is 693 g/mol. The van der Waals surface area contributed by atoms with E-state index < -0.39 is 0 Å². The fourth-order valence-corrected chi connectivity index (χ4v) is 7.83. The van der Waals surface area contributed by atoms with Gasteiger partial charge in [-0.1, -0.05) is 77.3 Å². The first kappa shape index (κ1) is 37.5. The smallest absolute Gasteiger partial charge is 0.257 e. The summed E-state index contributed by atoms with van der Waals surface area (Å²) in [6.07, 6.45) is 13.9. The first-order chi connectivity index (χ1) is 23.9. The van der Waals surface area contributed by atoms with E-state index in [-0.39, 0.29) is 24.1 Å². The Morgan fingerprint density at radius 1 is 0.980 bits per heavy atom. The molecular formula is C39H60N6O5. The molecule has 5 aliphatic rings. The van der Waals surface area contributed by atoms with Crippen molar-refractivity contribution in [2.45, 2.75) is 79.2 Å². The molecule has 2 saturated carbocycles. The third kappa shape index (κ3) is 10.2. The van der Waals surface area contributed by atoms with Crippen molar-refractivity contribution in [2.75, 3.05) is 59.0 Å². The second-order valence-electron chi connectivity index (χ2n) is 16.7. The van der Waals surface area contributed by atoms with Crippen LogP contribution in [0.5, 0.6) is 0 Å². The van der Waals surface area contributed by atoms with Crippen LogP contribution >= 0.6 is 0 Å². The Bertz CT molecular complexity index is 1430. The molecular weight excluding hydrogens is 632 g/mol. The highest BCUT2D eigenvalue weighted by atomic mass is 16.5. The van der Waals surface area contributed by atoms with Crippen LogP contribution in [0.3, 0.4) is 0 Å². The van der Waals surface area contributed by atoms with E-state index >= 15 is 0 Å². The lowest BCUT2D eigenvalue weighted by atomic mass is 9.78. The van der Waals surface area contributed by atoms with Crippen LogP contribution in [-0.4, -0.2) is 108 Å². The summed E-state index contributed by atoms with van der Waals surface area (Å²) in [6, 6.07) is 10.1. The zero-order valence-corrected chi connectivity index (χ0v) is 30.6. The topological polar surface area (TPSA) is 117 Å². The molecule has 1 N–H and O–H groups in total. The fourth-order valence-electron chi connectivity index (χ4n) is 7.83. The SMILES string of the molecule is CC1(C)CN(C=O)C1.CC1(C)C[C@@H]1C(=O)N1CC2(CCN(C(=O)c3cnn(Cc4ccccc4)c3)C2)C1.O=CNCCOCC1CCCCC1.[HH]. The maximum atomic E-state index is 13.0. The van der Waals surface area contributed by atoms with Gasteiger partial charge in [0.25, 0.3) is 5.91 Å². The zero-order valence-electron chi connectivity index (χ0n) is 30.6. The van der Waals surface area contributed by atoms with Crippen LogP contribution in [0.25, 0.3) is 0 Å². The summed E-state index contributed by atoms with van der Waals surface area (Å²) in [4.78, 5) is 51.1. The molecule has 1 spiro atoms. The molecule has 0 radical (unpaired) electrons. The number of hydrogen-bond donors (Lipinski definition) is 1. The summed E-state index contributed by atoms with van der Waals surface area (Å²) >= 11 is 0. The van der Waals surface area contributed by atoms with E-state index in [0.717, 1.165) is 76.6 Å². The van der Waals surface area contributed by atoms with Gasteiger partial charge >= 0.3 is 0 Å². The Morgan fingerprint density at radius 2 is 1.66 bits per heavy atom. The van der Waals surface area contributed by atoms with Gasteiger partial charge in [0.05, 0.1) is 24.9 Å². The lowest BCUT2D eigenvalue weighted by Crippen LogP contribution is -2.60. The van der Waals surface area contributed by atoms with Crippen molar-refractivity contribution in [3.05, 3.63) is 53.9 Å². The van der Waals surface area contributed by atoms with Crippen LogP contribution in [0.15, 0.2) is 42.7 Å². The predicted molar refractivity (Wildman–Crippen MR) is 194 cm³/mol. The number of hydrogen-bond acceptors (Lipinski definition) is 6. The molecule has 2 aliphatic carbocycles. The lowest BCUT2D eigenvalue weighted by molar-refractivity contribution is -0.144. The van der Waals surface area contributed by atoms with Crippen LogP contribution in [0.2, 0.25) is 0 Å². The number of ether oxygens (including phenoxy) is 1. The highest BCUT2D eigenvalue weighted by Gasteiger charge is 2.57. The Kier molecular flexibility index (Phi) is 12.4. The third-order valence-electron chi connectivity index (χ3n) is 10.9. The summed E-state index contributed by atoms with van der Waals surface area (Å²) in [5, 5.41) is 6.95. The minimum Gasteiger partial charge on any atom is -0.379 e. The van der Waals surface area contributed by atoms with E-state index in [1.54, 1.807) is 11.1 Å². The van der Waals surface area contributed by atoms with Crippen molar-refractivity contribution < 1.29 is 25.3 Å². The van der Waals surface area contributed by atoms with Crippen LogP contribution in [0.1, 0.15) is 90.0 Å². The number of aromatic nitrogens is 2. The van der Waals surface area contributed by atoms with E-state index in [1.807, 2.05) is 38.9 Å². The average Bonchev–Trinajstić information content (AvgIpc) is 3.40. The van der Waals surface area contributed by atoms with Crippen molar-refractivity contribution in [3.8, 4) is 0 Å². The van der Waals surface area contributed by atoms with Gasteiger partial charge in [-0.25, -0.2) is 0 Å². The van der Waals surface area contributed by atoms with Crippen molar-refractivity contribution in [1.82, 2.24) is 29.8 Å². The highest BCUT2D eigenvalue weighted by molar-refractivity contribution is 5.94. The van der Waals surface area contributed by atoms with E-state index in [4.69, 9.17) is 4.74 Å². The molecule has 11 nitrogen and oxygen atoms in total. The van der Waals surface area contributed by atoms with E-state index in [0.29, 0.717) is 43.0 Å². The summed E-state index contributed by atoms with van der Waals surface area (Å²) in [5.41, 5.74) is 2.47. The fraction of sp³-hybridized carbons (Fsp3) is 0.667. The quantitative estimate of drug-likeness (QED) is 0.270. The van der Waals surface area contributed by atoms with Gasteiger partial charge in [0.1, 0.15) is 0 Å². The van der Waals surface area contributed by atoms with Crippen LogP contribution in [-0.2, 0) is 25.7 Å². The number of amides is 4. The molecule has 276 valence electrons. The van der Waals surface area contributed by atoms with Gasteiger partial charge in [0.2, 0.25) is 18.7 Å². The van der Waals surface area contributed by atoms with Crippen molar-refractivity contribution >= 4 is 24.6 Å². The number of carbonyl (C=O) groups excluding carboxylic acids is 4. The van der Waals surface area contributed by atoms with E-state index in [1.165, 1.54) is 32.1 Å². The van der Waals surface area contributed by atoms with Crippen LogP contribution in [0, 0.1) is 28.1 Å². The molecule has 1 aromatic heterocycles. The van der Waals surface area contributed by atoms with Crippen LogP contribution < -0.4 is 5.32 Å². The molecule has 4 heterocycles. The van der Waals surface area contributed by atoms with Gasteiger partial charge in [0, 0.05) is 71.4 Å². The Balaban J connectivity index is 0.000000219. The van der Waals surface area contributed by atoms with E-state index in [9.17, 15) is 19.2 Å². The summed E-state index contributed by atoms with van der Waals surface area (Å²) in [7, 11) is 0. The Hall–Kier alpha value is -3.73. The van der Waals surface area contributed by atoms with Gasteiger partial charge in [-0.2, -0.15) is 5.10 Å². The van der Waals surface area contributed by atoms with Crippen LogP contribution in [0.4, 0.5) is 0 Å². The molecule has 1 aromatic carbocycles. The number of nitrogens with zero attached hydrogens (tertiary/aromatic N) is 5. The predicted octanol–water partition coefficient (Wildman–Crippen LogP) is 4.71. The maximum Gasteiger partial charge on any atom is 0.257 e. The molecule has 0 bridgehead atoms. The lowest BCUT2D eigenvalue weighted by Gasteiger charge is -2.48. The Labute approximate surface area is 299 Å². The number of benzene rings is 1. The molecule has 7 rings (SSSR count). The molecule has 3 aliphatic heterocycles. The Morgan fingerprint density at radius 3 is 2.26 bits per heavy atom. The van der Waals surface area contributed by atoms with Gasteiger partial charge in [-0.15, -0.1) is 0 Å². The highest BCUT2D eigenvalue weighted by Crippen LogP contribution is 2.54.